The van der Waals surface area contributed by atoms with Crippen LogP contribution in [0.1, 0.15) is 19.4 Å². The van der Waals surface area contributed by atoms with Crippen molar-refractivity contribution in [3.05, 3.63) is 54.1 Å². The molecule has 2 aromatic rings. The zero-order chi connectivity index (χ0) is 17.5. The van der Waals surface area contributed by atoms with Gasteiger partial charge in [0.25, 0.3) is 0 Å². The fourth-order valence-electron chi connectivity index (χ4n) is 2.12. The highest BCUT2D eigenvalue weighted by atomic mass is 16.5. The number of hydrogen-bond donors (Lipinski definition) is 2. The summed E-state index contributed by atoms with van der Waals surface area (Å²) in [5.74, 6) is 2.01. The van der Waals surface area contributed by atoms with Gasteiger partial charge in [-0.1, -0.05) is 38.1 Å². The van der Waals surface area contributed by atoms with E-state index >= 15 is 0 Å². The summed E-state index contributed by atoms with van der Waals surface area (Å²) in [6.45, 7) is 4.29. The number of benzene rings is 2. The molecule has 0 saturated heterocycles. The van der Waals surface area contributed by atoms with Crippen molar-refractivity contribution in [1.29, 1.82) is 0 Å². The number of hydrogen-bond acceptors (Lipinski definition) is 4. The third-order valence-corrected chi connectivity index (χ3v) is 3.71. The number of nitrogens with two attached hydrogens (primary N) is 1. The summed E-state index contributed by atoms with van der Waals surface area (Å²) in [5, 5.41) is 2.84. The maximum Gasteiger partial charge on any atom is 0.237 e. The van der Waals surface area contributed by atoms with Crippen molar-refractivity contribution in [2.75, 3.05) is 7.11 Å². The third kappa shape index (κ3) is 4.73. The molecule has 0 saturated carbocycles. The molecule has 5 heteroatoms. The number of amides is 1. The van der Waals surface area contributed by atoms with Gasteiger partial charge in [-0.25, -0.2) is 0 Å². The van der Waals surface area contributed by atoms with E-state index in [4.69, 9.17) is 15.2 Å². The van der Waals surface area contributed by atoms with Gasteiger partial charge < -0.3 is 20.5 Å². The molecule has 0 aromatic heterocycles. The van der Waals surface area contributed by atoms with Crippen molar-refractivity contribution in [1.82, 2.24) is 5.32 Å². The second-order valence-corrected chi connectivity index (χ2v) is 5.88. The number of ether oxygens (including phenoxy) is 2. The molecule has 24 heavy (non-hydrogen) atoms. The van der Waals surface area contributed by atoms with E-state index in [-0.39, 0.29) is 11.8 Å². The number of nitrogens with one attached hydrogen (secondary N) is 1. The van der Waals surface area contributed by atoms with Crippen molar-refractivity contribution in [2.24, 2.45) is 11.7 Å². The van der Waals surface area contributed by atoms with Crippen molar-refractivity contribution in [3.63, 3.8) is 0 Å². The first-order chi connectivity index (χ1) is 11.5. The smallest absolute Gasteiger partial charge is 0.237 e. The predicted octanol–water partition coefficient (Wildman–Crippen LogP) is 3.09. The fourth-order valence-corrected chi connectivity index (χ4v) is 2.12. The fraction of sp³-hybridized carbons (Fsp3) is 0.316. The zero-order valence-electron chi connectivity index (χ0n) is 14.3. The Morgan fingerprint density at radius 2 is 1.71 bits per heavy atom. The van der Waals surface area contributed by atoms with Gasteiger partial charge in [-0.05, 0) is 35.7 Å². The summed E-state index contributed by atoms with van der Waals surface area (Å²) >= 11 is 0. The van der Waals surface area contributed by atoms with Crippen LogP contribution in [0.25, 0.3) is 0 Å². The Morgan fingerprint density at radius 3 is 2.29 bits per heavy atom. The zero-order valence-corrected chi connectivity index (χ0v) is 14.3. The summed E-state index contributed by atoms with van der Waals surface area (Å²) in [7, 11) is 1.61. The maximum atomic E-state index is 11.9. The molecular weight excluding hydrogens is 304 g/mol. The van der Waals surface area contributed by atoms with Gasteiger partial charge in [-0.3, -0.25) is 4.79 Å². The van der Waals surface area contributed by atoms with Crippen LogP contribution in [0.3, 0.4) is 0 Å². The summed E-state index contributed by atoms with van der Waals surface area (Å²) in [5.41, 5.74) is 6.80. The standard InChI is InChI=1S/C19H24N2O3/c1-13(2)18(20)19(22)21-12-14-8-10-15(11-9-14)24-17-7-5-4-6-16(17)23-3/h4-11,13,18H,12,20H2,1-3H3,(H,21,22)/t18-/m0/s1. The normalized spacial score (nSPS) is 11.9. The van der Waals surface area contributed by atoms with E-state index in [1.807, 2.05) is 62.4 Å². The molecule has 0 unspecified atom stereocenters. The molecule has 5 nitrogen and oxygen atoms in total. The lowest BCUT2D eigenvalue weighted by atomic mass is 10.0. The van der Waals surface area contributed by atoms with Crippen LogP contribution >= 0.6 is 0 Å². The van der Waals surface area contributed by atoms with Crippen LogP contribution in [0.2, 0.25) is 0 Å². The van der Waals surface area contributed by atoms with Crippen LogP contribution in [0.4, 0.5) is 0 Å². The number of rotatable bonds is 7. The monoisotopic (exact) mass is 328 g/mol. The number of carbonyl (C=O) groups is 1. The average molecular weight is 328 g/mol. The van der Waals surface area contributed by atoms with Crippen molar-refractivity contribution < 1.29 is 14.3 Å². The average Bonchev–Trinajstić information content (AvgIpc) is 2.60. The van der Waals surface area contributed by atoms with Crippen molar-refractivity contribution in [3.8, 4) is 17.2 Å². The van der Waals surface area contributed by atoms with Crippen molar-refractivity contribution in [2.45, 2.75) is 26.4 Å². The van der Waals surface area contributed by atoms with Gasteiger partial charge in [-0.2, -0.15) is 0 Å². The first-order valence-electron chi connectivity index (χ1n) is 7.94. The molecule has 0 bridgehead atoms. The Balaban J connectivity index is 1.95. The molecule has 0 aliphatic rings. The molecule has 1 amide bonds. The van der Waals surface area contributed by atoms with Crippen LogP contribution in [0.5, 0.6) is 17.2 Å². The molecule has 2 rings (SSSR count). The van der Waals surface area contributed by atoms with Gasteiger partial charge in [0.1, 0.15) is 5.75 Å². The minimum Gasteiger partial charge on any atom is -0.493 e. The Morgan fingerprint density at radius 1 is 1.08 bits per heavy atom. The summed E-state index contributed by atoms with van der Waals surface area (Å²) in [6.07, 6.45) is 0. The van der Waals surface area contributed by atoms with Gasteiger partial charge in [0.15, 0.2) is 11.5 Å². The van der Waals surface area contributed by atoms with Crippen LogP contribution < -0.4 is 20.5 Å². The third-order valence-electron chi connectivity index (χ3n) is 3.71. The molecule has 0 aliphatic carbocycles. The van der Waals surface area contributed by atoms with Gasteiger partial charge in [0.05, 0.1) is 13.2 Å². The molecule has 0 radical (unpaired) electrons. The first-order valence-corrected chi connectivity index (χ1v) is 7.94. The molecule has 3 N–H and O–H groups in total. The Labute approximate surface area is 142 Å². The van der Waals surface area contributed by atoms with E-state index in [0.717, 1.165) is 5.56 Å². The largest absolute Gasteiger partial charge is 0.493 e. The molecule has 0 spiro atoms. The van der Waals surface area contributed by atoms with E-state index in [1.54, 1.807) is 7.11 Å². The maximum absolute atomic E-state index is 11.9. The number of carbonyl (C=O) groups excluding carboxylic acids is 1. The molecule has 0 fully saturated rings. The van der Waals surface area contributed by atoms with Gasteiger partial charge in [-0.15, -0.1) is 0 Å². The molecule has 128 valence electrons. The quantitative estimate of drug-likeness (QED) is 0.819. The lowest BCUT2D eigenvalue weighted by molar-refractivity contribution is -0.123. The van der Waals surface area contributed by atoms with Crippen LogP contribution in [0, 0.1) is 5.92 Å². The lowest BCUT2D eigenvalue weighted by Gasteiger charge is -2.15. The second kappa shape index (κ2) is 8.36. The highest BCUT2D eigenvalue weighted by Gasteiger charge is 2.16. The highest BCUT2D eigenvalue weighted by molar-refractivity contribution is 5.81. The summed E-state index contributed by atoms with van der Waals surface area (Å²) in [4.78, 5) is 11.9. The van der Waals surface area contributed by atoms with E-state index < -0.39 is 6.04 Å². The summed E-state index contributed by atoms with van der Waals surface area (Å²) < 4.78 is 11.1. The molecule has 1 atom stereocenters. The Kier molecular flexibility index (Phi) is 6.21. The molecule has 0 aliphatic heterocycles. The van der Waals surface area contributed by atoms with Gasteiger partial charge in [0.2, 0.25) is 5.91 Å². The number of para-hydroxylation sites is 2. The van der Waals surface area contributed by atoms with Gasteiger partial charge in [0, 0.05) is 6.54 Å². The van der Waals surface area contributed by atoms with Gasteiger partial charge >= 0.3 is 0 Å². The van der Waals surface area contributed by atoms with Crippen molar-refractivity contribution >= 4 is 5.91 Å². The van der Waals surface area contributed by atoms with Crippen LogP contribution in [-0.4, -0.2) is 19.1 Å². The topological polar surface area (TPSA) is 73.6 Å². The minimum absolute atomic E-state index is 0.113. The molecule has 0 heterocycles. The van der Waals surface area contributed by atoms with E-state index in [1.165, 1.54) is 0 Å². The SMILES string of the molecule is COc1ccccc1Oc1ccc(CNC(=O)[C@@H](N)C(C)C)cc1. The lowest BCUT2D eigenvalue weighted by Crippen LogP contribution is -2.43. The van der Waals surface area contributed by atoms with Crippen LogP contribution in [0.15, 0.2) is 48.5 Å². The number of methoxy groups -OCH3 is 1. The van der Waals surface area contributed by atoms with E-state index in [0.29, 0.717) is 23.8 Å². The van der Waals surface area contributed by atoms with E-state index in [2.05, 4.69) is 5.32 Å². The highest BCUT2D eigenvalue weighted by Crippen LogP contribution is 2.30. The second-order valence-electron chi connectivity index (χ2n) is 5.88. The molecule has 2 aromatic carbocycles. The predicted molar refractivity (Wildman–Crippen MR) is 94.2 cm³/mol. The summed E-state index contributed by atoms with van der Waals surface area (Å²) in [6, 6.07) is 14.5. The molecular formula is C19H24N2O3. The Hall–Kier alpha value is -2.53. The Bertz CT molecular complexity index is 669. The van der Waals surface area contributed by atoms with Crippen LogP contribution in [-0.2, 0) is 11.3 Å². The minimum atomic E-state index is -0.488. The van der Waals surface area contributed by atoms with E-state index in [9.17, 15) is 4.79 Å². The first kappa shape index (κ1) is 17.8.